The van der Waals surface area contributed by atoms with Crippen LogP contribution in [0.5, 0.6) is 0 Å². The van der Waals surface area contributed by atoms with Crippen LogP contribution in [-0.2, 0) is 6.18 Å². The van der Waals surface area contributed by atoms with Crippen LogP contribution in [0.3, 0.4) is 0 Å². The normalized spacial score (nSPS) is 12.7. The lowest BCUT2D eigenvalue weighted by molar-refractivity contribution is -0.137. The Kier molecular flexibility index (Phi) is 4.99. The number of nitrogens with two attached hydrogens (primary N) is 1. The van der Waals surface area contributed by atoms with Crippen molar-refractivity contribution in [3.8, 4) is 11.1 Å². The van der Waals surface area contributed by atoms with Crippen molar-refractivity contribution in [3.63, 3.8) is 0 Å². The van der Waals surface area contributed by atoms with E-state index in [-0.39, 0.29) is 6.04 Å². The Hall–Kier alpha value is -3.68. The molecule has 0 aliphatic rings. The van der Waals surface area contributed by atoms with Gasteiger partial charge in [-0.1, -0.05) is 36.4 Å². The van der Waals surface area contributed by atoms with Crippen LogP contribution >= 0.6 is 0 Å². The highest BCUT2D eigenvalue weighted by molar-refractivity contribution is 5.92. The third-order valence-electron chi connectivity index (χ3n) is 4.85. The minimum Gasteiger partial charge on any atom is -0.383 e. The minimum absolute atomic E-state index is 0.0250. The molecule has 4 aromatic rings. The average Bonchev–Trinajstić information content (AvgIpc) is 2.74. The summed E-state index contributed by atoms with van der Waals surface area (Å²) in [7, 11) is 0. The van der Waals surface area contributed by atoms with Gasteiger partial charge in [0.05, 0.1) is 11.1 Å². The molecule has 0 saturated heterocycles. The lowest BCUT2D eigenvalue weighted by Crippen LogP contribution is -2.10. The molecule has 0 spiro atoms. The number of fused-ring (bicyclic) bond motifs is 1. The molecule has 1 unspecified atom stereocenters. The van der Waals surface area contributed by atoms with Crippen LogP contribution in [0.2, 0.25) is 0 Å². The van der Waals surface area contributed by atoms with Crippen LogP contribution in [0.1, 0.15) is 24.1 Å². The number of nitrogens with zero attached hydrogens (tertiary/aromatic N) is 3. The van der Waals surface area contributed by atoms with E-state index in [4.69, 9.17) is 5.73 Å². The summed E-state index contributed by atoms with van der Waals surface area (Å²) < 4.78 is 39.6. The Morgan fingerprint density at radius 1 is 0.933 bits per heavy atom. The third-order valence-corrected chi connectivity index (χ3v) is 4.85. The van der Waals surface area contributed by atoms with E-state index in [0.717, 1.165) is 11.6 Å². The summed E-state index contributed by atoms with van der Waals surface area (Å²) in [6.45, 7) is 2.01. The van der Waals surface area contributed by atoms with Crippen molar-refractivity contribution < 1.29 is 13.2 Å². The molecular formula is C22H18F3N5. The summed E-state index contributed by atoms with van der Waals surface area (Å²) in [5, 5.41) is 4.06. The maximum absolute atomic E-state index is 13.2. The van der Waals surface area contributed by atoms with Crippen molar-refractivity contribution in [1.29, 1.82) is 0 Å². The van der Waals surface area contributed by atoms with Gasteiger partial charge in [-0.05, 0) is 36.2 Å². The second-order valence-corrected chi connectivity index (χ2v) is 6.89. The van der Waals surface area contributed by atoms with Gasteiger partial charge < -0.3 is 11.1 Å². The summed E-state index contributed by atoms with van der Waals surface area (Å²) in [6.07, 6.45) is -1.80. The topological polar surface area (TPSA) is 76.7 Å². The van der Waals surface area contributed by atoms with Gasteiger partial charge in [0.25, 0.3) is 0 Å². The SMILES string of the molecule is CC(Nc1ncnc2ccc(-c3cnc(N)c(C(F)(F)F)c3)cc12)c1ccccc1. The zero-order valence-corrected chi connectivity index (χ0v) is 16.0. The summed E-state index contributed by atoms with van der Waals surface area (Å²) in [6, 6.07) is 16.0. The number of benzene rings is 2. The highest BCUT2D eigenvalue weighted by atomic mass is 19.4. The molecule has 0 saturated carbocycles. The summed E-state index contributed by atoms with van der Waals surface area (Å²) >= 11 is 0. The zero-order valence-electron chi connectivity index (χ0n) is 16.0. The number of rotatable bonds is 4. The fourth-order valence-corrected chi connectivity index (χ4v) is 3.24. The first-order chi connectivity index (χ1) is 14.3. The predicted molar refractivity (Wildman–Crippen MR) is 111 cm³/mol. The van der Waals surface area contributed by atoms with Gasteiger partial charge in [0, 0.05) is 23.2 Å². The van der Waals surface area contributed by atoms with Crippen LogP contribution in [0.4, 0.5) is 24.8 Å². The van der Waals surface area contributed by atoms with Crippen molar-refractivity contribution in [1.82, 2.24) is 15.0 Å². The summed E-state index contributed by atoms with van der Waals surface area (Å²) in [4.78, 5) is 12.3. The van der Waals surface area contributed by atoms with Crippen molar-refractivity contribution in [2.75, 3.05) is 11.1 Å². The molecule has 0 amide bonds. The molecule has 152 valence electrons. The predicted octanol–water partition coefficient (Wildman–Crippen LogP) is 5.47. The van der Waals surface area contributed by atoms with Crippen molar-refractivity contribution in [3.05, 3.63) is 78.2 Å². The molecular weight excluding hydrogens is 391 g/mol. The Balaban J connectivity index is 1.75. The number of hydrogen-bond acceptors (Lipinski definition) is 5. The number of alkyl halides is 3. The first-order valence-corrected chi connectivity index (χ1v) is 9.22. The molecule has 0 aliphatic carbocycles. The first kappa shape index (κ1) is 19.6. The van der Waals surface area contributed by atoms with Crippen molar-refractivity contribution in [2.24, 2.45) is 0 Å². The highest BCUT2D eigenvalue weighted by Crippen LogP contribution is 2.36. The fraction of sp³-hybridized carbons (Fsp3) is 0.136. The number of nitrogens with one attached hydrogen (secondary N) is 1. The Morgan fingerprint density at radius 3 is 2.43 bits per heavy atom. The Labute approximate surface area is 170 Å². The van der Waals surface area contributed by atoms with E-state index in [0.29, 0.717) is 27.8 Å². The van der Waals surface area contributed by atoms with E-state index in [1.165, 1.54) is 12.5 Å². The molecule has 8 heteroatoms. The lowest BCUT2D eigenvalue weighted by atomic mass is 10.0. The van der Waals surface area contributed by atoms with Crippen LogP contribution in [0.25, 0.3) is 22.0 Å². The molecule has 30 heavy (non-hydrogen) atoms. The lowest BCUT2D eigenvalue weighted by Gasteiger charge is -2.16. The largest absolute Gasteiger partial charge is 0.419 e. The van der Waals surface area contributed by atoms with Gasteiger partial charge in [-0.15, -0.1) is 0 Å². The molecule has 1 atom stereocenters. The fourth-order valence-electron chi connectivity index (χ4n) is 3.24. The van der Waals surface area contributed by atoms with Crippen LogP contribution < -0.4 is 11.1 Å². The molecule has 5 nitrogen and oxygen atoms in total. The molecule has 2 aromatic carbocycles. The molecule has 2 heterocycles. The highest BCUT2D eigenvalue weighted by Gasteiger charge is 2.34. The molecule has 4 rings (SSSR count). The average molecular weight is 409 g/mol. The maximum atomic E-state index is 13.2. The number of anilines is 2. The van der Waals surface area contributed by atoms with E-state index in [1.54, 1.807) is 18.2 Å². The van der Waals surface area contributed by atoms with Crippen LogP contribution in [-0.4, -0.2) is 15.0 Å². The minimum atomic E-state index is -4.58. The molecule has 0 aliphatic heterocycles. The Morgan fingerprint density at radius 2 is 1.70 bits per heavy atom. The van der Waals surface area contributed by atoms with Gasteiger partial charge in [-0.2, -0.15) is 13.2 Å². The van der Waals surface area contributed by atoms with Crippen LogP contribution in [0.15, 0.2) is 67.1 Å². The number of nitrogen functional groups attached to an aromatic ring is 1. The molecule has 2 aromatic heterocycles. The van der Waals surface area contributed by atoms with Gasteiger partial charge in [-0.25, -0.2) is 15.0 Å². The third kappa shape index (κ3) is 3.89. The Bertz CT molecular complexity index is 1190. The van der Waals surface area contributed by atoms with E-state index < -0.39 is 17.6 Å². The summed E-state index contributed by atoms with van der Waals surface area (Å²) in [5.41, 5.74) is 7.09. The smallest absolute Gasteiger partial charge is 0.383 e. The molecule has 3 N–H and O–H groups in total. The number of pyridine rings is 1. The number of hydrogen-bond donors (Lipinski definition) is 2. The second-order valence-electron chi connectivity index (χ2n) is 6.89. The standard InChI is InChI=1S/C22H18F3N5/c1-13(14-5-3-2-4-6-14)30-21-17-9-15(7-8-19(17)28-12-29-21)16-10-18(22(23,24)25)20(26)27-11-16/h2-13H,1H3,(H2,26,27)(H,28,29,30). The summed E-state index contributed by atoms with van der Waals surface area (Å²) in [5.74, 6) is 0.0482. The van der Waals surface area contributed by atoms with Gasteiger partial charge in [0.1, 0.15) is 18.0 Å². The van der Waals surface area contributed by atoms with Gasteiger partial charge in [0.15, 0.2) is 0 Å². The first-order valence-electron chi connectivity index (χ1n) is 9.22. The maximum Gasteiger partial charge on any atom is 0.419 e. The number of halogens is 3. The number of aromatic nitrogens is 3. The molecule has 0 radical (unpaired) electrons. The van der Waals surface area contributed by atoms with E-state index in [2.05, 4.69) is 20.3 Å². The van der Waals surface area contributed by atoms with Gasteiger partial charge in [0.2, 0.25) is 0 Å². The van der Waals surface area contributed by atoms with E-state index >= 15 is 0 Å². The van der Waals surface area contributed by atoms with Gasteiger partial charge in [-0.3, -0.25) is 0 Å². The zero-order chi connectivity index (χ0) is 21.3. The second kappa shape index (κ2) is 7.62. The van der Waals surface area contributed by atoms with Gasteiger partial charge >= 0.3 is 6.18 Å². The van der Waals surface area contributed by atoms with Crippen molar-refractivity contribution in [2.45, 2.75) is 19.1 Å². The van der Waals surface area contributed by atoms with Crippen molar-refractivity contribution >= 4 is 22.5 Å². The quantitative estimate of drug-likeness (QED) is 0.468. The van der Waals surface area contributed by atoms with E-state index in [9.17, 15) is 13.2 Å². The van der Waals surface area contributed by atoms with E-state index in [1.807, 2.05) is 37.3 Å². The molecule has 0 bridgehead atoms. The van der Waals surface area contributed by atoms with Crippen LogP contribution in [0, 0.1) is 0 Å². The monoisotopic (exact) mass is 409 g/mol. The molecule has 0 fully saturated rings.